The SMILES string of the molecule is CC1CCN(c2nc(C(=O)O)cc(-c3ccccc3)n2)CC1. The third kappa shape index (κ3) is 3.08. The molecule has 5 heteroatoms. The van der Waals surface area contributed by atoms with Crippen LogP contribution < -0.4 is 4.90 Å². The van der Waals surface area contributed by atoms with Gasteiger partial charge in [0.25, 0.3) is 0 Å². The molecule has 0 spiro atoms. The summed E-state index contributed by atoms with van der Waals surface area (Å²) in [5, 5.41) is 9.31. The molecule has 0 unspecified atom stereocenters. The lowest BCUT2D eigenvalue weighted by Crippen LogP contribution is -2.34. The summed E-state index contributed by atoms with van der Waals surface area (Å²) in [6.45, 7) is 3.98. The lowest BCUT2D eigenvalue weighted by atomic mass is 10.00. The van der Waals surface area contributed by atoms with Gasteiger partial charge < -0.3 is 10.0 Å². The fourth-order valence-corrected chi connectivity index (χ4v) is 2.65. The number of aromatic nitrogens is 2. The number of carbonyl (C=O) groups is 1. The maximum atomic E-state index is 11.4. The molecular weight excluding hydrogens is 278 g/mol. The summed E-state index contributed by atoms with van der Waals surface area (Å²) >= 11 is 0. The normalized spacial score (nSPS) is 15.8. The van der Waals surface area contributed by atoms with Crippen LogP contribution in [0.2, 0.25) is 0 Å². The lowest BCUT2D eigenvalue weighted by Gasteiger charge is -2.30. The Morgan fingerprint density at radius 2 is 1.86 bits per heavy atom. The first kappa shape index (κ1) is 14.5. The molecule has 0 saturated carbocycles. The highest BCUT2D eigenvalue weighted by Crippen LogP contribution is 2.24. The van der Waals surface area contributed by atoms with E-state index in [1.807, 2.05) is 30.3 Å². The predicted octanol–water partition coefficient (Wildman–Crippen LogP) is 3.08. The fraction of sp³-hybridized carbons (Fsp3) is 0.353. The number of hydrogen-bond acceptors (Lipinski definition) is 4. The second kappa shape index (κ2) is 6.13. The molecule has 22 heavy (non-hydrogen) atoms. The van der Waals surface area contributed by atoms with Crippen LogP contribution in [0.4, 0.5) is 5.95 Å². The zero-order valence-electron chi connectivity index (χ0n) is 12.6. The van der Waals surface area contributed by atoms with Crippen LogP contribution in [0.15, 0.2) is 36.4 Å². The zero-order chi connectivity index (χ0) is 15.5. The number of aromatic carboxylic acids is 1. The Kier molecular flexibility index (Phi) is 4.04. The molecule has 1 saturated heterocycles. The van der Waals surface area contributed by atoms with E-state index in [4.69, 9.17) is 0 Å². The Hall–Kier alpha value is -2.43. The Balaban J connectivity index is 1.99. The van der Waals surface area contributed by atoms with Gasteiger partial charge in [-0.25, -0.2) is 14.8 Å². The minimum Gasteiger partial charge on any atom is -0.477 e. The Morgan fingerprint density at radius 1 is 1.18 bits per heavy atom. The van der Waals surface area contributed by atoms with E-state index in [-0.39, 0.29) is 5.69 Å². The van der Waals surface area contributed by atoms with Gasteiger partial charge in [0.1, 0.15) is 0 Å². The average Bonchev–Trinajstić information content (AvgIpc) is 2.56. The molecular formula is C17H19N3O2. The number of anilines is 1. The van der Waals surface area contributed by atoms with Gasteiger partial charge in [-0.3, -0.25) is 0 Å². The number of hydrogen-bond donors (Lipinski definition) is 1. The molecule has 1 N–H and O–H groups in total. The summed E-state index contributed by atoms with van der Waals surface area (Å²) in [5.74, 6) is 0.198. The summed E-state index contributed by atoms with van der Waals surface area (Å²) in [7, 11) is 0. The van der Waals surface area contributed by atoms with Crippen molar-refractivity contribution < 1.29 is 9.90 Å². The number of piperidine rings is 1. The Labute approximate surface area is 129 Å². The molecule has 1 aliphatic heterocycles. The summed E-state index contributed by atoms with van der Waals surface area (Å²) in [4.78, 5) is 22.3. The average molecular weight is 297 g/mol. The van der Waals surface area contributed by atoms with E-state index < -0.39 is 5.97 Å². The molecule has 1 aliphatic rings. The van der Waals surface area contributed by atoms with E-state index in [1.54, 1.807) is 0 Å². The molecule has 0 radical (unpaired) electrons. The highest BCUT2D eigenvalue weighted by atomic mass is 16.4. The van der Waals surface area contributed by atoms with Gasteiger partial charge in [0, 0.05) is 18.7 Å². The summed E-state index contributed by atoms with van der Waals surface area (Å²) in [5.41, 5.74) is 1.60. The zero-order valence-corrected chi connectivity index (χ0v) is 12.6. The molecule has 1 fully saturated rings. The van der Waals surface area contributed by atoms with Crippen LogP contribution in [-0.2, 0) is 0 Å². The molecule has 3 rings (SSSR count). The van der Waals surface area contributed by atoms with Crippen molar-refractivity contribution in [1.82, 2.24) is 9.97 Å². The van der Waals surface area contributed by atoms with Gasteiger partial charge in [0.15, 0.2) is 5.69 Å². The van der Waals surface area contributed by atoms with Gasteiger partial charge in [-0.05, 0) is 24.8 Å². The van der Waals surface area contributed by atoms with Gasteiger partial charge in [-0.2, -0.15) is 0 Å². The van der Waals surface area contributed by atoms with Crippen molar-refractivity contribution in [3.63, 3.8) is 0 Å². The number of carboxylic acid groups (broad SMARTS) is 1. The summed E-state index contributed by atoms with van der Waals surface area (Å²) in [6, 6.07) is 11.1. The quantitative estimate of drug-likeness (QED) is 0.943. The van der Waals surface area contributed by atoms with Crippen LogP contribution >= 0.6 is 0 Å². The van der Waals surface area contributed by atoms with Crippen LogP contribution in [0.1, 0.15) is 30.3 Å². The van der Waals surface area contributed by atoms with Crippen LogP contribution in [0.5, 0.6) is 0 Å². The predicted molar refractivity (Wildman–Crippen MR) is 85.0 cm³/mol. The second-order valence-electron chi connectivity index (χ2n) is 5.78. The van der Waals surface area contributed by atoms with Crippen molar-refractivity contribution >= 4 is 11.9 Å². The van der Waals surface area contributed by atoms with Crippen LogP contribution in [0.3, 0.4) is 0 Å². The molecule has 114 valence electrons. The van der Waals surface area contributed by atoms with Gasteiger partial charge in [0.2, 0.25) is 5.95 Å². The molecule has 2 aromatic rings. The van der Waals surface area contributed by atoms with Crippen molar-refractivity contribution in [2.75, 3.05) is 18.0 Å². The van der Waals surface area contributed by atoms with Crippen molar-refractivity contribution in [2.45, 2.75) is 19.8 Å². The molecule has 0 amide bonds. The molecule has 2 heterocycles. The summed E-state index contributed by atoms with van der Waals surface area (Å²) in [6.07, 6.45) is 2.17. The second-order valence-corrected chi connectivity index (χ2v) is 5.78. The highest BCUT2D eigenvalue weighted by Gasteiger charge is 2.20. The fourth-order valence-electron chi connectivity index (χ4n) is 2.65. The molecule has 0 bridgehead atoms. The van der Waals surface area contributed by atoms with E-state index in [9.17, 15) is 9.90 Å². The first-order valence-corrected chi connectivity index (χ1v) is 7.56. The first-order valence-electron chi connectivity index (χ1n) is 7.56. The van der Waals surface area contributed by atoms with Gasteiger partial charge in [-0.15, -0.1) is 0 Å². The monoisotopic (exact) mass is 297 g/mol. The van der Waals surface area contributed by atoms with Gasteiger partial charge in [0.05, 0.1) is 5.69 Å². The minimum absolute atomic E-state index is 0.0440. The van der Waals surface area contributed by atoms with Crippen LogP contribution in [0, 0.1) is 5.92 Å². The number of carboxylic acids is 1. The van der Waals surface area contributed by atoms with Crippen molar-refractivity contribution in [1.29, 1.82) is 0 Å². The number of nitrogens with zero attached hydrogens (tertiary/aromatic N) is 3. The summed E-state index contributed by atoms with van der Waals surface area (Å²) < 4.78 is 0. The third-order valence-electron chi connectivity index (χ3n) is 4.07. The topological polar surface area (TPSA) is 66.3 Å². The highest BCUT2D eigenvalue weighted by molar-refractivity contribution is 5.87. The van der Waals surface area contributed by atoms with Gasteiger partial charge in [-0.1, -0.05) is 37.3 Å². The van der Waals surface area contributed by atoms with Gasteiger partial charge >= 0.3 is 5.97 Å². The Morgan fingerprint density at radius 3 is 2.50 bits per heavy atom. The smallest absolute Gasteiger partial charge is 0.354 e. The molecule has 1 aromatic carbocycles. The Bertz CT molecular complexity index is 665. The molecule has 0 atom stereocenters. The van der Waals surface area contributed by atoms with Crippen molar-refractivity contribution in [2.24, 2.45) is 5.92 Å². The lowest BCUT2D eigenvalue weighted by molar-refractivity contribution is 0.0690. The van der Waals surface area contributed by atoms with E-state index in [0.717, 1.165) is 31.5 Å². The maximum Gasteiger partial charge on any atom is 0.354 e. The van der Waals surface area contributed by atoms with Crippen molar-refractivity contribution in [3.05, 3.63) is 42.1 Å². The first-order chi connectivity index (χ1) is 10.6. The van der Waals surface area contributed by atoms with Crippen molar-refractivity contribution in [3.8, 4) is 11.3 Å². The largest absolute Gasteiger partial charge is 0.477 e. The maximum absolute atomic E-state index is 11.4. The standard InChI is InChI=1S/C17H19N3O2/c1-12-7-9-20(10-8-12)17-18-14(11-15(19-17)16(21)22)13-5-3-2-4-6-13/h2-6,11-12H,7-10H2,1H3,(H,21,22). The van der Waals surface area contributed by atoms with E-state index >= 15 is 0 Å². The van der Waals surface area contributed by atoms with Crippen LogP contribution in [-0.4, -0.2) is 34.1 Å². The van der Waals surface area contributed by atoms with Crippen LogP contribution in [0.25, 0.3) is 11.3 Å². The minimum atomic E-state index is -1.02. The molecule has 5 nitrogen and oxygen atoms in total. The number of rotatable bonds is 3. The number of benzene rings is 1. The molecule has 0 aliphatic carbocycles. The molecule has 1 aromatic heterocycles. The third-order valence-corrected chi connectivity index (χ3v) is 4.07. The van der Waals surface area contributed by atoms with E-state index in [0.29, 0.717) is 17.6 Å². The van der Waals surface area contributed by atoms with E-state index in [2.05, 4.69) is 21.8 Å². The van der Waals surface area contributed by atoms with E-state index in [1.165, 1.54) is 6.07 Å².